The first-order chi connectivity index (χ1) is 25.0. The van der Waals surface area contributed by atoms with Crippen LogP contribution in [0.25, 0.3) is 0 Å². The molecule has 4 aromatic rings. The zero-order chi connectivity index (χ0) is 36.6. The molecule has 52 heavy (non-hydrogen) atoms. The average molecular weight is 745 g/mol. The number of hydrogen-bond donors (Lipinski definition) is 2. The fraction of sp³-hybridized carbons (Fsp3) is 0.400. The van der Waals surface area contributed by atoms with Gasteiger partial charge in [0.15, 0.2) is 0 Å². The molecule has 276 valence electrons. The van der Waals surface area contributed by atoms with E-state index in [4.69, 9.17) is 9.47 Å². The Labute approximate surface area is 308 Å². The van der Waals surface area contributed by atoms with E-state index in [-0.39, 0.29) is 4.90 Å². The van der Waals surface area contributed by atoms with Gasteiger partial charge in [-0.15, -0.1) is 0 Å². The SMILES string of the molecule is COc1ccc(S(=O)(=O)c2ccc3c(c2)[C@@H]2CCN(C)CC[C@H]2N3)cc1.COc1cccc(S(=O)(=O)c2ccc3c(c2)[C@@H]2CCN(C)CC[C@H]2N3)c1. The number of hydrogen-bond acceptors (Lipinski definition) is 10. The molecular formula is C40H48N4O6S2. The van der Waals surface area contributed by atoms with Crippen molar-refractivity contribution in [2.45, 2.75) is 69.2 Å². The fourth-order valence-electron chi connectivity index (χ4n) is 8.04. The summed E-state index contributed by atoms with van der Waals surface area (Å²) in [7, 11) is 0.289. The number of sulfone groups is 2. The van der Waals surface area contributed by atoms with E-state index >= 15 is 0 Å². The highest BCUT2D eigenvalue weighted by atomic mass is 32.2. The van der Waals surface area contributed by atoms with Crippen LogP contribution in [-0.2, 0) is 19.7 Å². The average Bonchev–Trinajstić information content (AvgIpc) is 3.56. The number of fused-ring (bicyclic) bond motifs is 6. The van der Waals surface area contributed by atoms with Crippen molar-refractivity contribution in [2.24, 2.45) is 0 Å². The lowest BCUT2D eigenvalue weighted by atomic mass is 9.91. The molecule has 4 aliphatic heterocycles. The molecule has 0 aromatic heterocycles. The normalized spacial score (nSPS) is 22.8. The molecule has 10 nitrogen and oxygen atoms in total. The second-order valence-electron chi connectivity index (χ2n) is 14.3. The number of likely N-dealkylation sites (tertiary alicyclic amines) is 2. The second-order valence-corrected chi connectivity index (χ2v) is 18.2. The van der Waals surface area contributed by atoms with Crippen molar-refractivity contribution in [2.75, 3.05) is 65.1 Å². The maximum Gasteiger partial charge on any atom is 0.206 e. The van der Waals surface area contributed by atoms with Crippen molar-refractivity contribution in [1.82, 2.24) is 9.80 Å². The minimum absolute atomic E-state index is 0.264. The Morgan fingerprint density at radius 2 is 0.981 bits per heavy atom. The zero-order valence-corrected chi connectivity index (χ0v) is 31.8. The molecule has 4 aromatic carbocycles. The second kappa shape index (κ2) is 14.7. The van der Waals surface area contributed by atoms with Gasteiger partial charge in [-0.05, 0) is 156 Å². The van der Waals surface area contributed by atoms with Crippen LogP contribution >= 0.6 is 0 Å². The molecule has 2 saturated heterocycles. The quantitative estimate of drug-likeness (QED) is 0.234. The Bertz CT molecular complexity index is 2140. The summed E-state index contributed by atoms with van der Waals surface area (Å²) in [5.41, 5.74) is 4.43. The molecule has 0 radical (unpaired) electrons. The number of ether oxygens (including phenoxy) is 2. The Kier molecular flexibility index (Phi) is 10.3. The van der Waals surface area contributed by atoms with E-state index in [9.17, 15) is 16.8 Å². The highest BCUT2D eigenvalue weighted by Gasteiger charge is 2.36. The summed E-state index contributed by atoms with van der Waals surface area (Å²) in [6.07, 6.45) is 4.25. The summed E-state index contributed by atoms with van der Waals surface area (Å²) in [6.45, 7) is 4.21. The van der Waals surface area contributed by atoms with E-state index < -0.39 is 19.7 Å². The van der Waals surface area contributed by atoms with Gasteiger partial charge in [0.05, 0.1) is 33.8 Å². The van der Waals surface area contributed by atoms with Gasteiger partial charge in [-0.3, -0.25) is 0 Å². The lowest BCUT2D eigenvalue weighted by Crippen LogP contribution is -2.22. The van der Waals surface area contributed by atoms with Crippen molar-refractivity contribution < 1.29 is 26.3 Å². The highest BCUT2D eigenvalue weighted by molar-refractivity contribution is 7.91. The smallest absolute Gasteiger partial charge is 0.206 e. The number of rotatable bonds is 6. The summed E-state index contributed by atoms with van der Waals surface area (Å²) in [4.78, 5) is 5.96. The van der Waals surface area contributed by atoms with Gasteiger partial charge in [0.2, 0.25) is 19.7 Å². The van der Waals surface area contributed by atoms with Crippen LogP contribution in [0, 0.1) is 0 Å². The molecule has 12 heteroatoms. The molecule has 2 fully saturated rings. The van der Waals surface area contributed by atoms with Gasteiger partial charge in [-0.2, -0.15) is 0 Å². The van der Waals surface area contributed by atoms with E-state index in [0.29, 0.717) is 50.1 Å². The Balaban J connectivity index is 0.000000162. The Hall–Kier alpha value is -4.10. The molecule has 0 aliphatic carbocycles. The topological polar surface area (TPSA) is 117 Å². The number of methoxy groups -OCH3 is 2. The van der Waals surface area contributed by atoms with E-state index in [1.165, 1.54) is 7.11 Å². The van der Waals surface area contributed by atoms with Gasteiger partial charge in [-0.25, -0.2) is 16.8 Å². The Morgan fingerprint density at radius 1 is 0.538 bits per heavy atom. The van der Waals surface area contributed by atoms with E-state index in [1.807, 2.05) is 24.3 Å². The van der Waals surface area contributed by atoms with Crippen LogP contribution in [0.5, 0.6) is 11.5 Å². The molecule has 0 spiro atoms. The van der Waals surface area contributed by atoms with Gasteiger partial charge < -0.3 is 29.9 Å². The van der Waals surface area contributed by atoms with Crippen LogP contribution in [0.1, 0.15) is 48.6 Å². The summed E-state index contributed by atoms with van der Waals surface area (Å²) in [5.74, 6) is 1.93. The van der Waals surface area contributed by atoms with Crippen LogP contribution in [0.3, 0.4) is 0 Å². The molecular weight excluding hydrogens is 697 g/mol. The van der Waals surface area contributed by atoms with Crippen molar-refractivity contribution in [1.29, 1.82) is 0 Å². The van der Waals surface area contributed by atoms with Crippen LogP contribution in [0.15, 0.2) is 105 Å². The van der Waals surface area contributed by atoms with E-state index in [0.717, 1.165) is 74.4 Å². The van der Waals surface area contributed by atoms with Crippen molar-refractivity contribution in [3.8, 4) is 11.5 Å². The summed E-state index contributed by atoms with van der Waals surface area (Å²) >= 11 is 0. The minimum atomic E-state index is -3.57. The highest BCUT2D eigenvalue weighted by Crippen LogP contribution is 2.44. The summed E-state index contributed by atoms with van der Waals surface area (Å²) in [6, 6.07) is 25.0. The van der Waals surface area contributed by atoms with Crippen LogP contribution < -0.4 is 20.1 Å². The Morgan fingerprint density at radius 3 is 1.48 bits per heavy atom. The van der Waals surface area contributed by atoms with Gasteiger partial charge in [-0.1, -0.05) is 6.07 Å². The number of anilines is 2. The maximum absolute atomic E-state index is 13.1. The molecule has 0 amide bonds. The fourth-order valence-corrected chi connectivity index (χ4v) is 10.7. The number of nitrogens with zero attached hydrogens (tertiary/aromatic N) is 2. The molecule has 0 saturated carbocycles. The molecule has 2 N–H and O–H groups in total. The lowest BCUT2D eigenvalue weighted by molar-refractivity contribution is 0.346. The third-order valence-electron chi connectivity index (χ3n) is 11.1. The van der Waals surface area contributed by atoms with E-state index in [2.05, 4.69) is 34.5 Å². The molecule has 4 atom stereocenters. The van der Waals surface area contributed by atoms with Gasteiger partial charge in [0.25, 0.3) is 0 Å². The van der Waals surface area contributed by atoms with E-state index in [1.54, 1.807) is 67.8 Å². The number of nitrogens with one attached hydrogen (secondary N) is 2. The first-order valence-corrected chi connectivity index (χ1v) is 20.9. The van der Waals surface area contributed by atoms with Crippen molar-refractivity contribution >= 4 is 31.0 Å². The monoisotopic (exact) mass is 744 g/mol. The molecule has 4 aliphatic rings. The first-order valence-electron chi connectivity index (χ1n) is 17.9. The summed E-state index contributed by atoms with van der Waals surface area (Å²) in [5, 5.41) is 7.18. The predicted molar refractivity (Wildman–Crippen MR) is 204 cm³/mol. The summed E-state index contributed by atoms with van der Waals surface area (Å²) < 4.78 is 62.6. The minimum Gasteiger partial charge on any atom is -0.497 e. The zero-order valence-electron chi connectivity index (χ0n) is 30.2. The standard InChI is InChI=1S/2C20H24N2O3S/c1-22-11-9-17-18-13-16(7-8-19(18)21-20(17)10-12-22)26(23,24)15-5-3-14(25-2)4-6-15;1-22-10-8-17-18-13-16(6-7-19(18)21-20(17)9-11-22)26(23,24)15-5-3-4-14(12-15)25-2/h3-8,13,17,20-21H,9-12H2,1-2H3;3-7,12-13,17,20-21H,8-11H2,1-2H3/t2*17-,20+/m00/s1. The third kappa shape index (κ3) is 7.13. The van der Waals surface area contributed by atoms with Crippen molar-refractivity contribution in [3.63, 3.8) is 0 Å². The number of benzene rings is 4. The lowest BCUT2D eigenvalue weighted by Gasteiger charge is -2.16. The first kappa shape index (κ1) is 36.3. The van der Waals surface area contributed by atoms with Crippen LogP contribution in [0.4, 0.5) is 11.4 Å². The maximum atomic E-state index is 13.1. The molecule has 4 heterocycles. The largest absolute Gasteiger partial charge is 0.497 e. The molecule has 0 bridgehead atoms. The van der Waals surface area contributed by atoms with Crippen LogP contribution in [-0.4, -0.2) is 93.2 Å². The van der Waals surface area contributed by atoms with Crippen LogP contribution in [0.2, 0.25) is 0 Å². The van der Waals surface area contributed by atoms with Gasteiger partial charge in [0, 0.05) is 35.3 Å². The molecule has 0 unspecified atom stereocenters. The van der Waals surface area contributed by atoms with Gasteiger partial charge in [0.1, 0.15) is 11.5 Å². The van der Waals surface area contributed by atoms with Crippen molar-refractivity contribution in [3.05, 3.63) is 96.1 Å². The molecule has 8 rings (SSSR count). The third-order valence-corrected chi connectivity index (χ3v) is 14.6. The predicted octanol–water partition coefficient (Wildman–Crippen LogP) is 6.26. The van der Waals surface area contributed by atoms with Gasteiger partial charge >= 0.3 is 0 Å².